The predicted octanol–water partition coefficient (Wildman–Crippen LogP) is 4.24. The van der Waals surface area contributed by atoms with Gasteiger partial charge in [0.15, 0.2) is 5.82 Å². The SMILES string of the molecule is CNC(=O)c1cnc(Nc2ccccc2C)c(NC(=O)c2cn(C)c3ccccc23)c1. The zero-order valence-electron chi connectivity index (χ0n) is 17.6. The maximum Gasteiger partial charge on any atom is 0.257 e. The van der Waals surface area contributed by atoms with E-state index < -0.39 is 0 Å². The normalized spacial score (nSPS) is 10.7. The van der Waals surface area contributed by atoms with Crippen molar-refractivity contribution in [3.05, 3.63) is 83.7 Å². The van der Waals surface area contributed by atoms with E-state index in [0.29, 0.717) is 22.6 Å². The van der Waals surface area contributed by atoms with Gasteiger partial charge in [0.05, 0.1) is 16.8 Å². The monoisotopic (exact) mass is 413 g/mol. The average Bonchev–Trinajstić information content (AvgIpc) is 3.12. The number of amides is 2. The Morgan fingerprint density at radius 2 is 1.71 bits per heavy atom. The van der Waals surface area contributed by atoms with Gasteiger partial charge in [0, 0.05) is 43.1 Å². The first-order chi connectivity index (χ1) is 15.0. The molecule has 0 saturated carbocycles. The number of rotatable bonds is 5. The number of anilines is 3. The molecule has 0 spiro atoms. The summed E-state index contributed by atoms with van der Waals surface area (Å²) >= 11 is 0. The smallest absolute Gasteiger partial charge is 0.257 e. The van der Waals surface area contributed by atoms with Crippen LogP contribution in [0.2, 0.25) is 0 Å². The van der Waals surface area contributed by atoms with Gasteiger partial charge in [-0.05, 0) is 30.7 Å². The Kier molecular flexibility index (Phi) is 5.41. The average molecular weight is 413 g/mol. The van der Waals surface area contributed by atoms with Crippen LogP contribution in [0.15, 0.2) is 67.0 Å². The molecule has 0 aliphatic heterocycles. The number of benzene rings is 2. The van der Waals surface area contributed by atoms with Crippen molar-refractivity contribution >= 4 is 39.9 Å². The number of pyridine rings is 1. The first-order valence-corrected chi connectivity index (χ1v) is 9.88. The Morgan fingerprint density at radius 3 is 2.48 bits per heavy atom. The Morgan fingerprint density at radius 1 is 0.968 bits per heavy atom. The number of nitrogens with zero attached hydrogens (tertiary/aromatic N) is 2. The zero-order valence-corrected chi connectivity index (χ0v) is 17.6. The minimum absolute atomic E-state index is 0.277. The predicted molar refractivity (Wildman–Crippen MR) is 123 cm³/mol. The van der Waals surface area contributed by atoms with Crippen molar-refractivity contribution in [3.63, 3.8) is 0 Å². The maximum absolute atomic E-state index is 13.2. The van der Waals surface area contributed by atoms with Crippen LogP contribution >= 0.6 is 0 Å². The molecule has 0 aliphatic carbocycles. The summed E-state index contributed by atoms with van der Waals surface area (Å²) < 4.78 is 1.91. The van der Waals surface area contributed by atoms with Gasteiger partial charge in [-0.2, -0.15) is 0 Å². The zero-order chi connectivity index (χ0) is 22.0. The second-order valence-corrected chi connectivity index (χ2v) is 7.26. The number of carbonyl (C=O) groups excluding carboxylic acids is 2. The van der Waals surface area contributed by atoms with Crippen LogP contribution in [0.3, 0.4) is 0 Å². The molecular weight excluding hydrogens is 390 g/mol. The maximum atomic E-state index is 13.2. The van der Waals surface area contributed by atoms with Gasteiger partial charge in [-0.3, -0.25) is 9.59 Å². The summed E-state index contributed by atoms with van der Waals surface area (Å²) in [7, 11) is 3.45. The molecule has 0 fully saturated rings. The molecule has 2 aromatic carbocycles. The van der Waals surface area contributed by atoms with E-state index in [2.05, 4.69) is 20.9 Å². The second kappa shape index (κ2) is 8.31. The Balaban J connectivity index is 1.73. The highest BCUT2D eigenvalue weighted by molar-refractivity contribution is 6.14. The molecule has 4 aromatic rings. The van der Waals surface area contributed by atoms with Crippen LogP contribution in [0, 0.1) is 6.92 Å². The molecule has 0 saturated heterocycles. The van der Waals surface area contributed by atoms with Crippen LogP contribution in [0.4, 0.5) is 17.2 Å². The van der Waals surface area contributed by atoms with Crippen molar-refractivity contribution in [1.82, 2.24) is 14.9 Å². The lowest BCUT2D eigenvalue weighted by Crippen LogP contribution is -2.19. The number of aromatic nitrogens is 2. The number of carbonyl (C=O) groups is 2. The lowest BCUT2D eigenvalue weighted by atomic mass is 10.1. The van der Waals surface area contributed by atoms with Crippen molar-refractivity contribution in [2.45, 2.75) is 6.92 Å². The number of nitrogens with one attached hydrogen (secondary N) is 3. The third-order valence-electron chi connectivity index (χ3n) is 5.16. The minimum atomic E-state index is -0.282. The van der Waals surface area contributed by atoms with Gasteiger partial charge in [-0.15, -0.1) is 0 Å². The number of fused-ring (bicyclic) bond motifs is 1. The highest BCUT2D eigenvalue weighted by Gasteiger charge is 2.18. The van der Waals surface area contributed by atoms with Crippen LogP contribution < -0.4 is 16.0 Å². The number of aryl methyl sites for hydroxylation is 2. The van der Waals surface area contributed by atoms with E-state index in [-0.39, 0.29) is 11.8 Å². The summed E-state index contributed by atoms with van der Waals surface area (Å²) in [4.78, 5) is 29.7. The molecule has 0 atom stereocenters. The fourth-order valence-corrected chi connectivity index (χ4v) is 3.48. The molecule has 31 heavy (non-hydrogen) atoms. The summed E-state index contributed by atoms with van der Waals surface area (Å²) in [5.74, 6) is -0.105. The second-order valence-electron chi connectivity index (χ2n) is 7.26. The van der Waals surface area contributed by atoms with E-state index in [1.807, 2.05) is 67.1 Å². The first kappa shape index (κ1) is 20.2. The van der Waals surface area contributed by atoms with Gasteiger partial charge in [0.1, 0.15) is 0 Å². The Labute approximate surface area is 180 Å². The number of hydrogen-bond donors (Lipinski definition) is 3. The molecule has 0 bridgehead atoms. The van der Waals surface area contributed by atoms with E-state index in [0.717, 1.165) is 22.2 Å². The van der Waals surface area contributed by atoms with Crippen molar-refractivity contribution in [1.29, 1.82) is 0 Å². The van der Waals surface area contributed by atoms with Crippen molar-refractivity contribution in [2.24, 2.45) is 7.05 Å². The topological polar surface area (TPSA) is 88.1 Å². The van der Waals surface area contributed by atoms with Gasteiger partial charge in [-0.1, -0.05) is 36.4 Å². The summed E-state index contributed by atoms with van der Waals surface area (Å²) in [6.07, 6.45) is 3.28. The molecule has 7 heteroatoms. The van der Waals surface area contributed by atoms with E-state index >= 15 is 0 Å². The van der Waals surface area contributed by atoms with Crippen LogP contribution in [-0.4, -0.2) is 28.4 Å². The van der Waals surface area contributed by atoms with Gasteiger partial charge in [0.25, 0.3) is 11.8 Å². The summed E-state index contributed by atoms with van der Waals surface area (Å²) in [5, 5.41) is 9.63. The first-order valence-electron chi connectivity index (χ1n) is 9.88. The van der Waals surface area contributed by atoms with Gasteiger partial charge in [0.2, 0.25) is 0 Å². The minimum Gasteiger partial charge on any atom is -0.355 e. The quantitative estimate of drug-likeness (QED) is 0.457. The molecule has 2 heterocycles. The highest BCUT2D eigenvalue weighted by Crippen LogP contribution is 2.28. The highest BCUT2D eigenvalue weighted by atomic mass is 16.2. The summed E-state index contributed by atoms with van der Waals surface area (Å²) in [6, 6.07) is 17.1. The number of para-hydroxylation sites is 2. The van der Waals surface area contributed by atoms with Crippen molar-refractivity contribution in [2.75, 3.05) is 17.7 Å². The lowest BCUT2D eigenvalue weighted by molar-refractivity contribution is 0.0961. The van der Waals surface area contributed by atoms with Crippen LogP contribution in [0.25, 0.3) is 10.9 Å². The molecule has 3 N–H and O–H groups in total. The van der Waals surface area contributed by atoms with E-state index in [9.17, 15) is 9.59 Å². The molecule has 2 aromatic heterocycles. The van der Waals surface area contributed by atoms with Gasteiger partial charge >= 0.3 is 0 Å². The van der Waals surface area contributed by atoms with Crippen molar-refractivity contribution < 1.29 is 9.59 Å². The fraction of sp³-hybridized carbons (Fsp3) is 0.125. The standard InChI is InChI=1S/C24H23N5O2/c1-15-8-4-6-10-19(15)27-22-20(12-16(13-26-22)23(30)25-2)28-24(31)18-14-29(3)21-11-7-5-9-17(18)21/h4-14H,1-3H3,(H,25,30)(H,26,27)(H,28,31). The lowest BCUT2D eigenvalue weighted by Gasteiger charge is -2.15. The molecular formula is C24H23N5O2. The fourth-order valence-electron chi connectivity index (χ4n) is 3.48. The summed E-state index contributed by atoms with van der Waals surface area (Å²) in [5.41, 5.74) is 4.18. The molecule has 4 rings (SSSR count). The number of hydrogen-bond acceptors (Lipinski definition) is 4. The van der Waals surface area contributed by atoms with E-state index in [4.69, 9.17) is 0 Å². The van der Waals surface area contributed by atoms with Crippen LogP contribution in [-0.2, 0) is 7.05 Å². The van der Waals surface area contributed by atoms with Crippen molar-refractivity contribution in [3.8, 4) is 0 Å². The molecule has 7 nitrogen and oxygen atoms in total. The largest absolute Gasteiger partial charge is 0.355 e. The Bertz CT molecular complexity index is 1290. The van der Waals surface area contributed by atoms with Crippen LogP contribution in [0.1, 0.15) is 26.3 Å². The Hall–Kier alpha value is -4.13. The van der Waals surface area contributed by atoms with Crippen LogP contribution in [0.5, 0.6) is 0 Å². The third kappa shape index (κ3) is 3.98. The molecule has 0 radical (unpaired) electrons. The summed E-state index contributed by atoms with van der Waals surface area (Å²) in [6.45, 7) is 1.98. The molecule has 0 aliphatic rings. The molecule has 0 unspecified atom stereocenters. The van der Waals surface area contributed by atoms with Gasteiger partial charge < -0.3 is 20.5 Å². The van der Waals surface area contributed by atoms with E-state index in [1.54, 1.807) is 19.3 Å². The molecule has 2 amide bonds. The third-order valence-corrected chi connectivity index (χ3v) is 5.16. The van der Waals surface area contributed by atoms with Gasteiger partial charge in [-0.25, -0.2) is 4.98 Å². The van der Waals surface area contributed by atoms with E-state index in [1.165, 1.54) is 6.20 Å². The molecule has 156 valence electrons.